The zero-order valence-electron chi connectivity index (χ0n) is 18.1. The summed E-state index contributed by atoms with van der Waals surface area (Å²) >= 11 is 0. The number of nitrogens with zero attached hydrogens (tertiary/aromatic N) is 1. The van der Waals surface area contributed by atoms with E-state index in [4.69, 9.17) is 14.0 Å². The largest absolute Gasteiger partial charge is 0.489 e. The Bertz CT molecular complexity index is 872. The van der Waals surface area contributed by atoms with Crippen LogP contribution in [0, 0.1) is 25.7 Å². The molecule has 7 nitrogen and oxygen atoms in total. The van der Waals surface area contributed by atoms with E-state index < -0.39 is 5.97 Å². The summed E-state index contributed by atoms with van der Waals surface area (Å²) in [6.07, 6.45) is 3.27. The summed E-state index contributed by atoms with van der Waals surface area (Å²) in [5.41, 5.74) is 1.99. The van der Waals surface area contributed by atoms with E-state index in [2.05, 4.69) is 24.3 Å². The summed E-state index contributed by atoms with van der Waals surface area (Å²) in [6.45, 7) is 8.05. The number of aromatic nitrogens is 1. The molecule has 30 heavy (non-hydrogen) atoms. The van der Waals surface area contributed by atoms with E-state index in [1.165, 1.54) is 6.42 Å². The van der Waals surface area contributed by atoms with Crippen LogP contribution >= 0.6 is 0 Å². The van der Waals surface area contributed by atoms with Crippen molar-refractivity contribution in [3.05, 3.63) is 46.8 Å². The molecule has 1 aliphatic carbocycles. The van der Waals surface area contributed by atoms with Gasteiger partial charge in [0.2, 0.25) is 0 Å². The lowest BCUT2D eigenvalue weighted by Crippen LogP contribution is -2.45. The monoisotopic (exact) mass is 414 g/mol. The molecule has 0 radical (unpaired) electrons. The summed E-state index contributed by atoms with van der Waals surface area (Å²) in [4.78, 5) is 24.6. The summed E-state index contributed by atoms with van der Waals surface area (Å²) in [5.74, 6) is 1.41. The van der Waals surface area contributed by atoms with Crippen LogP contribution in [0.1, 0.15) is 60.5 Å². The average molecular weight is 415 g/mol. The Balaban J connectivity index is 1.50. The predicted molar refractivity (Wildman–Crippen MR) is 111 cm³/mol. The zero-order chi connectivity index (χ0) is 21.7. The molecule has 0 aliphatic heterocycles. The van der Waals surface area contributed by atoms with Gasteiger partial charge in [-0.2, -0.15) is 0 Å². The SMILES string of the molecule is Cc1noc(C)c1COc1cccc(C(=O)OCC(=O)N[C@@H]2CCC[C@H](C)[C@@H]2C)c1. The third-order valence-electron chi connectivity index (χ3n) is 6.02. The van der Waals surface area contributed by atoms with Crippen molar-refractivity contribution in [3.8, 4) is 5.75 Å². The quantitative estimate of drug-likeness (QED) is 0.690. The second kappa shape index (κ2) is 9.78. The zero-order valence-corrected chi connectivity index (χ0v) is 18.1. The van der Waals surface area contributed by atoms with E-state index in [-0.39, 0.29) is 18.6 Å². The van der Waals surface area contributed by atoms with Gasteiger partial charge in [-0.1, -0.05) is 37.9 Å². The lowest BCUT2D eigenvalue weighted by atomic mass is 9.78. The minimum absolute atomic E-state index is 0.140. The van der Waals surface area contributed by atoms with Crippen molar-refractivity contribution in [1.82, 2.24) is 10.5 Å². The first-order chi connectivity index (χ1) is 14.3. The fourth-order valence-corrected chi connectivity index (χ4v) is 3.82. The Morgan fingerprint density at radius 1 is 1.23 bits per heavy atom. The Labute approximate surface area is 177 Å². The molecule has 1 heterocycles. The van der Waals surface area contributed by atoms with Crippen molar-refractivity contribution in [2.75, 3.05) is 6.61 Å². The van der Waals surface area contributed by atoms with E-state index in [0.717, 1.165) is 24.1 Å². The Morgan fingerprint density at radius 2 is 2.03 bits per heavy atom. The highest BCUT2D eigenvalue weighted by Gasteiger charge is 2.28. The molecule has 3 atom stereocenters. The highest BCUT2D eigenvalue weighted by Crippen LogP contribution is 2.29. The third kappa shape index (κ3) is 5.40. The number of aryl methyl sites for hydroxylation is 2. The minimum atomic E-state index is -0.557. The molecule has 0 spiro atoms. The highest BCUT2D eigenvalue weighted by molar-refractivity contribution is 5.91. The van der Waals surface area contributed by atoms with E-state index in [1.54, 1.807) is 24.3 Å². The highest BCUT2D eigenvalue weighted by atomic mass is 16.5. The van der Waals surface area contributed by atoms with Crippen LogP contribution in [0.2, 0.25) is 0 Å². The number of carbonyl (C=O) groups excluding carboxylic acids is 2. The van der Waals surface area contributed by atoms with E-state index in [9.17, 15) is 9.59 Å². The fraction of sp³-hybridized carbons (Fsp3) is 0.522. The van der Waals surface area contributed by atoms with E-state index in [0.29, 0.717) is 35.5 Å². The van der Waals surface area contributed by atoms with Crippen LogP contribution < -0.4 is 10.1 Å². The van der Waals surface area contributed by atoms with Gasteiger partial charge in [-0.05, 0) is 50.3 Å². The summed E-state index contributed by atoms with van der Waals surface area (Å²) in [5, 5.41) is 6.91. The number of hydrogen-bond donors (Lipinski definition) is 1. The molecule has 0 unspecified atom stereocenters. The lowest BCUT2D eigenvalue weighted by Gasteiger charge is -2.34. The van der Waals surface area contributed by atoms with Gasteiger partial charge in [0.05, 0.1) is 16.8 Å². The standard InChI is InChI=1S/C23H30N2O5/c1-14-7-5-10-21(15(14)2)24-22(26)13-29-23(27)18-8-6-9-19(11-18)28-12-20-16(3)25-30-17(20)4/h6,8-9,11,14-15,21H,5,7,10,12-13H2,1-4H3,(H,24,26)/t14-,15-,21+/m0/s1. The summed E-state index contributed by atoms with van der Waals surface area (Å²) in [6, 6.07) is 6.84. The second-order valence-electron chi connectivity index (χ2n) is 8.14. The molecular weight excluding hydrogens is 384 g/mol. The normalized spacial score (nSPS) is 21.1. The van der Waals surface area contributed by atoms with Gasteiger partial charge in [-0.3, -0.25) is 4.79 Å². The first-order valence-electron chi connectivity index (χ1n) is 10.5. The number of amides is 1. The number of hydrogen-bond acceptors (Lipinski definition) is 6. The fourth-order valence-electron chi connectivity index (χ4n) is 3.82. The maximum Gasteiger partial charge on any atom is 0.338 e. The van der Waals surface area contributed by atoms with E-state index >= 15 is 0 Å². The van der Waals surface area contributed by atoms with E-state index in [1.807, 2.05) is 13.8 Å². The van der Waals surface area contributed by atoms with Gasteiger partial charge >= 0.3 is 5.97 Å². The number of nitrogens with one attached hydrogen (secondary N) is 1. The number of ether oxygens (including phenoxy) is 2. The van der Waals surface area contributed by atoms with Crippen LogP contribution in [-0.4, -0.2) is 29.7 Å². The maximum absolute atomic E-state index is 12.4. The average Bonchev–Trinajstić information content (AvgIpc) is 3.05. The topological polar surface area (TPSA) is 90.7 Å². The van der Waals surface area contributed by atoms with Gasteiger partial charge in [0.25, 0.3) is 5.91 Å². The van der Waals surface area contributed by atoms with Crippen LogP contribution in [0.15, 0.2) is 28.8 Å². The van der Waals surface area contributed by atoms with Gasteiger partial charge in [-0.15, -0.1) is 0 Å². The molecule has 1 fully saturated rings. The molecule has 0 saturated heterocycles. The Hall–Kier alpha value is -2.83. The molecule has 1 aromatic heterocycles. The van der Waals surface area contributed by atoms with Crippen LogP contribution in [-0.2, 0) is 16.1 Å². The van der Waals surface area contributed by atoms with Gasteiger partial charge in [0.15, 0.2) is 6.61 Å². The molecule has 7 heteroatoms. The molecular formula is C23H30N2O5. The van der Waals surface area contributed by atoms with Crippen molar-refractivity contribution in [2.45, 2.75) is 59.6 Å². The van der Waals surface area contributed by atoms with Crippen LogP contribution in [0.4, 0.5) is 0 Å². The lowest BCUT2D eigenvalue weighted by molar-refractivity contribution is -0.125. The number of esters is 1. The number of carbonyl (C=O) groups is 2. The second-order valence-corrected chi connectivity index (χ2v) is 8.14. The Morgan fingerprint density at radius 3 is 2.77 bits per heavy atom. The summed E-state index contributed by atoms with van der Waals surface area (Å²) < 4.78 is 16.1. The van der Waals surface area contributed by atoms with Crippen molar-refractivity contribution in [3.63, 3.8) is 0 Å². The van der Waals surface area contributed by atoms with Crippen LogP contribution in [0.5, 0.6) is 5.75 Å². The molecule has 1 saturated carbocycles. The molecule has 1 N–H and O–H groups in total. The van der Waals surface area contributed by atoms with Crippen molar-refractivity contribution < 1.29 is 23.6 Å². The molecule has 1 amide bonds. The minimum Gasteiger partial charge on any atom is -0.489 e. The number of benzene rings is 1. The van der Waals surface area contributed by atoms with Gasteiger partial charge in [0, 0.05) is 6.04 Å². The van der Waals surface area contributed by atoms with Crippen molar-refractivity contribution >= 4 is 11.9 Å². The first-order valence-corrected chi connectivity index (χ1v) is 10.5. The molecule has 1 aromatic carbocycles. The molecule has 162 valence electrons. The van der Waals surface area contributed by atoms with Crippen LogP contribution in [0.25, 0.3) is 0 Å². The Kier molecular flexibility index (Phi) is 7.13. The molecule has 1 aliphatic rings. The number of rotatable bonds is 7. The smallest absolute Gasteiger partial charge is 0.338 e. The van der Waals surface area contributed by atoms with Gasteiger partial charge in [-0.25, -0.2) is 4.79 Å². The van der Waals surface area contributed by atoms with Crippen LogP contribution in [0.3, 0.4) is 0 Å². The van der Waals surface area contributed by atoms with Gasteiger partial charge < -0.3 is 19.3 Å². The maximum atomic E-state index is 12.4. The molecule has 3 rings (SSSR count). The first kappa shape index (κ1) is 21.9. The molecule has 2 aromatic rings. The third-order valence-corrected chi connectivity index (χ3v) is 6.02. The molecule has 0 bridgehead atoms. The summed E-state index contributed by atoms with van der Waals surface area (Å²) in [7, 11) is 0. The predicted octanol–water partition coefficient (Wildman–Crippen LogP) is 3.97. The van der Waals surface area contributed by atoms with Crippen molar-refractivity contribution in [1.29, 1.82) is 0 Å². The van der Waals surface area contributed by atoms with Gasteiger partial charge in [0.1, 0.15) is 18.1 Å². The van der Waals surface area contributed by atoms with Crippen molar-refractivity contribution in [2.24, 2.45) is 11.8 Å².